The second kappa shape index (κ2) is 3.71. The van der Waals surface area contributed by atoms with Crippen molar-refractivity contribution in [3.05, 3.63) is 35.9 Å². The standard InChI is InChI=1S/C11H13NO/c1-13-10-7-8-12-11(10)9-5-3-2-4-6-9/h2-6,10H,7-8H2,1H3. The van der Waals surface area contributed by atoms with Gasteiger partial charge in [-0.25, -0.2) is 0 Å². The van der Waals surface area contributed by atoms with Gasteiger partial charge in [-0.2, -0.15) is 0 Å². The number of benzene rings is 1. The van der Waals surface area contributed by atoms with Crippen LogP contribution in [0.3, 0.4) is 0 Å². The zero-order valence-corrected chi connectivity index (χ0v) is 7.73. The summed E-state index contributed by atoms with van der Waals surface area (Å²) in [6.07, 6.45) is 1.21. The second-order valence-electron chi connectivity index (χ2n) is 3.15. The molecular formula is C11H13NO. The lowest BCUT2D eigenvalue weighted by Crippen LogP contribution is -2.19. The number of hydrogen-bond acceptors (Lipinski definition) is 2. The number of rotatable bonds is 2. The predicted molar refractivity (Wildman–Crippen MR) is 53.3 cm³/mol. The molecule has 68 valence electrons. The number of hydrogen-bond donors (Lipinski definition) is 0. The molecule has 0 aliphatic carbocycles. The molecule has 0 radical (unpaired) electrons. The highest BCUT2D eigenvalue weighted by Gasteiger charge is 2.21. The monoisotopic (exact) mass is 175 g/mol. The minimum atomic E-state index is 0.197. The first kappa shape index (κ1) is 8.45. The van der Waals surface area contributed by atoms with Crippen molar-refractivity contribution >= 4 is 5.71 Å². The first-order valence-electron chi connectivity index (χ1n) is 4.54. The highest BCUT2D eigenvalue weighted by Crippen LogP contribution is 2.15. The summed E-state index contributed by atoms with van der Waals surface area (Å²) < 4.78 is 5.35. The molecule has 0 fully saturated rings. The fourth-order valence-corrected chi connectivity index (χ4v) is 1.66. The predicted octanol–water partition coefficient (Wildman–Crippen LogP) is 1.89. The Kier molecular flexibility index (Phi) is 2.41. The third kappa shape index (κ3) is 1.63. The van der Waals surface area contributed by atoms with Crippen LogP contribution in [-0.2, 0) is 4.74 Å². The molecule has 0 amide bonds. The lowest BCUT2D eigenvalue weighted by molar-refractivity contribution is 0.157. The first-order valence-corrected chi connectivity index (χ1v) is 4.54. The van der Waals surface area contributed by atoms with E-state index in [0.717, 1.165) is 18.7 Å². The topological polar surface area (TPSA) is 21.6 Å². The van der Waals surface area contributed by atoms with Gasteiger partial charge < -0.3 is 4.74 Å². The van der Waals surface area contributed by atoms with Crippen molar-refractivity contribution in [2.45, 2.75) is 12.5 Å². The molecule has 1 aromatic rings. The largest absolute Gasteiger partial charge is 0.375 e. The summed E-state index contributed by atoms with van der Waals surface area (Å²) in [5.74, 6) is 0. The Morgan fingerprint density at radius 2 is 2.08 bits per heavy atom. The average Bonchev–Trinajstić information content (AvgIpc) is 2.67. The van der Waals surface area contributed by atoms with Crippen LogP contribution in [-0.4, -0.2) is 25.5 Å². The molecule has 13 heavy (non-hydrogen) atoms. The summed E-state index contributed by atoms with van der Waals surface area (Å²) in [6, 6.07) is 10.2. The van der Waals surface area contributed by atoms with E-state index in [9.17, 15) is 0 Å². The van der Waals surface area contributed by atoms with Crippen LogP contribution in [0.4, 0.5) is 0 Å². The van der Waals surface area contributed by atoms with Gasteiger partial charge in [0.15, 0.2) is 0 Å². The van der Waals surface area contributed by atoms with Crippen molar-refractivity contribution in [1.29, 1.82) is 0 Å². The van der Waals surface area contributed by atoms with Crippen LogP contribution in [0.2, 0.25) is 0 Å². The third-order valence-corrected chi connectivity index (χ3v) is 2.33. The Morgan fingerprint density at radius 3 is 2.77 bits per heavy atom. The highest BCUT2D eigenvalue weighted by molar-refractivity contribution is 6.04. The first-order chi connectivity index (χ1) is 6.42. The van der Waals surface area contributed by atoms with Crippen LogP contribution in [0, 0.1) is 0 Å². The zero-order chi connectivity index (χ0) is 9.10. The molecule has 1 aliphatic heterocycles. The van der Waals surface area contributed by atoms with Crippen LogP contribution in [0.15, 0.2) is 35.3 Å². The van der Waals surface area contributed by atoms with Gasteiger partial charge in [0.05, 0.1) is 5.71 Å². The second-order valence-corrected chi connectivity index (χ2v) is 3.15. The van der Waals surface area contributed by atoms with E-state index in [1.807, 2.05) is 18.2 Å². The minimum Gasteiger partial charge on any atom is -0.375 e. The van der Waals surface area contributed by atoms with Crippen molar-refractivity contribution in [2.75, 3.05) is 13.7 Å². The van der Waals surface area contributed by atoms with Crippen molar-refractivity contribution in [3.8, 4) is 0 Å². The van der Waals surface area contributed by atoms with Gasteiger partial charge in [0, 0.05) is 13.7 Å². The zero-order valence-electron chi connectivity index (χ0n) is 7.73. The minimum absolute atomic E-state index is 0.197. The van der Waals surface area contributed by atoms with E-state index in [4.69, 9.17) is 4.74 Å². The van der Waals surface area contributed by atoms with Gasteiger partial charge in [0.25, 0.3) is 0 Å². The van der Waals surface area contributed by atoms with E-state index < -0.39 is 0 Å². The van der Waals surface area contributed by atoms with Gasteiger partial charge >= 0.3 is 0 Å². The van der Waals surface area contributed by atoms with Gasteiger partial charge in [-0.15, -0.1) is 0 Å². The van der Waals surface area contributed by atoms with Crippen molar-refractivity contribution in [3.63, 3.8) is 0 Å². The summed E-state index contributed by atoms with van der Waals surface area (Å²) in [5, 5.41) is 0. The Labute approximate surface area is 78.3 Å². The molecule has 2 heteroatoms. The van der Waals surface area contributed by atoms with Gasteiger partial charge in [-0.05, 0) is 12.0 Å². The number of ether oxygens (including phenoxy) is 1. The molecule has 0 N–H and O–H groups in total. The number of aliphatic imine (C=N–C) groups is 1. The van der Waals surface area contributed by atoms with E-state index >= 15 is 0 Å². The van der Waals surface area contributed by atoms with Crippen LogP contribution in [0.5, 0.6) is 0 Å². The average molecular weight is 175 g/mol. The third-order valence-electron chi connectivity index (χ3n) is 2.33. The van der Waals surface area contributed by atoms with Crippen LogP contribution < -0.4 is 0 Å². The van der Waals surface area contributed by atoms with Crippen LogP contribution in [0.25, 0.3) is 0 Å². The van der Waals surface area contributed by atoms with E-state index in [0.29, 0.717) is 0 Å². The summed E-state index contributed by atoms with van der Waals surface area (Å²) in [7, 11) is 1.74. The fourth-order valence-electron chi connectivity index (χ4n) is 1.66. The van der Waals surface area contributed by atoms with E-state index in [1.165, 1.54) is 5.56 Å². The maximum atomic E-state index is 5.35. The molecule has 1 unspecified atom stereocenters. The quantitative estimate of drug-likeness (QED) is 0.672. The highest BCUT2D eigenvalue weighted by atomic mass is 16.5. The maximum Gasteiger partial charge on any atom is 0.101 e. The Hall–Kier alpha value is -1.15. The molecule has 1 aromatic carbocycles. The van der Waals surface area contributed by atoms with E-state index in [2.05, 4.69) is 17.1 Å². The number of methoxy groups -OCH3 is 1. The SMILES string of the molecule is COC1CCN=C1c1ccccc1. The molecule has 0 saturated carbocycles. The molecule has 1 atom stereocenters. The molecule has 0 saturated heterocycles. The van der Waals surface area contributed by atoms with Crippen LogP contribution >= 0.6 is 0 Å². The molecule has 2 nitrogen and oxygen atoms in total. The molecular weight excluding hydrogens is 162 g/mol. The summed E-state index contributed by atoms with van der Waals surface area (Å²) >= 11 is 0. The van der Waals surface area contributed by atoms with Crippen LogP contribution in [0.1, 0.15) is 12.0 Å². The Balaban J connectivity index is 2.26. The molecule has 0 spiro atoms. The molecule has 1 aliphatic rings. The van der Waals surface area contributed by atoms with Gasteiger partial charge in [0.2, 0.25) is 0 Å². The lowest BCUT2D eigenvalue weighted by atomic mass is 10.1. The van der Waals surface area contributed by atoms with Crippen molar-refractivity contribution in [2.24, 2.45) is 4.99 Å². The summed E-state index contributed by atoms with van der Waals surface area (Å²) in [5.41, 5.74) is 2.29. The van der Waals surface area contributed by atoms with Gasteiger partial charge in [0.1, 0.15) is 6.10 Å². The molecule has 0 bridgehead atoms. The van der Waals surface area contributed by atoms with E-state index in [-0.39, 0.29) is 6.10 Å². The smallest absolute Gasteiger partial charge is 0.101 e. The normalized spacial score (nSPS) is 21.6. The van der Waals surface area contributed by atoms with E-state index in [1.54, 1.807) is 7.11 Å². The van der Waals surface area contributed by atoms with Gasteiger partial charge in [-0.1, -0.05) is 30.3 Å². The van der Waals surface area contributed by atoms with Crippen molar-refractivity contribution in [1.82, 2.24) is 0 Å². The number of nitrogens with zero attached hydrogens (tertiary/aromatic N) is 1. The maximum absolute atomic E-state index is 5.35. The van der Waals surface area contributed by atoms with Gasteiger partial charge in [-0.3, -0.25) is 4.99 Å². The fraction of sp³-hybridized carbons (Fsp3) is 0.364. The summed E-state index contributed by atoms with van der Waals surface area (Å²) in [4.78, 5) is 4.45. The molecule has 2 rings (SSSR count). The molecule has 0 aromatic heterocycles. The Morgan fingerprint density at radius 1 is 1.31 bits per heavy atom. The Bertz CT molecular complexity index is 305. The van der Waals surface area contributed by atoms with Crippen molar-refractivity contribution < 1.29 is 4.74 Å². The summed E-state index contributed by atoms with van der Waals surface area (Å²) in [6.45, 7) is 0.892. The molecule has 1 heterocycles. The lowest BCUT2D eigenvalue weighted by Gasteiger charge is -2.10.